The third kappa shape index (κ3) is 1.37. The van der Waals surface area contributed by atoms with Gasteiger partial charge in [0.15, 0.2) is 5.41 Å². The highest BCUT2D eigenvalue weighted by Gasteiger charge is 2.78. The molecule has 0 radical (unpaired) electrons. The van der Waals surface area contributed by atoms with Crippen LogP contribution in [-0.4, -0.2) is 15.6 Å². The molecule has 1 atom stereocenters. The summed E-state index contributed by atoms with van der Waals surface area (Å²) in [5, 5.41) is 39.4. The van der Waals surface area contributed by atoms with Crippen molar-refractivity contribution in [3.63, 3.8) is 0 Å². The average Bonchev–Trinajstić information content (AvgIpc) is 3.00. The molecule has 0 aromatic carbocycles. The lowest BCUT2D eigenvalue weighted by atomic mass is 9.65. The number of nitriles is 4. The van der Waals surface area contributed by atoms with Crippen LogP contribution in [0.4, 0.5) is 0 Å². The van der Waals surface area contributed by atoms with E-state index in [-0.39, 0.29) is 0 Å². The summed E-state index contributed by atoms with van der Waals surface area (Å²) < 4.78 is -0.856. The van der Waals surface area contributed by atoms with E-state index >= 15 is 0 Å². The molecule has 2 aliphatic carbocycles. The Hall–Kier alpha value is -2.12. The van der Waals surface area contributed by atoms with Crippen molar-refractivity contribution in [2.45, 2.75) is 4.08 Å². The van der Waals surface area contributed by atoms with Gasteiger partial charge in [0.25, 0.3) is 0 Å². The summed E-state index contributed by atoms with van der Waals surface area (Å²) in [6, 6.07) is 8.26. The predicted molar refractivity (Wildman–Crippen MR) is 84.8 cm³/mol. The molecule has 1 saturated carbocycles. The Labute approximate surface area is 137 Å². The van der Waals surface area contributed by atoms with E-state index in [0.29, 0.717) is 0 Å². The van der Waals surface area contributed by atoms with Crippen LogP contribution >= 0.6 is 23.5 Å². The van der Waals surface area contributed by atoms with Gasteiger partial charge >= 0.3 is 0 Å². The van der Waals surface area contributed by atoms with Crippen molar-refractivity contribution in [2.24, 2.45) is 16.7 Å². The maximum Gasteiger partial charge on any atom is 0.203 e. The summed E-state index contributed by atoms with van der Waals surface area (Å²) in [6.45, 7) is 0. The lowest BCUT2D eigenvalue weighted by Crippen LogP contribution is -2.46. The molecule has 0 aromatic heterocycles. The van der Waals surface area contributed by atoms with Gasteiger partial charge in [0.05, 0.1) is 24.3 Å². The molecule has 0 N–H and O–H groups in total. The SMILES string of the molecule is N#CC1(C#N)C2C=CC=CC=C2C2(SCCS2)C1(C#N)C#N. The summed E-state index contributed by atoms with van der Waals surface area (Å²) in [5.41, 5.74) is -2.56. The van der Waals surface area contributed by atoms with Crippen LogP contribution in [-0.2, 0) is 0 Å². The zero-order valence-electron chi connectivity index (χ0n) is 11.5. The normalized spacial score (nSPS) is 28.5. The molecular weight excluding hydrogens is 312 g/mol. The first-order valence-electron chi connectivity index (χ1n) is 6.66. The van der Waals surface area contributed by atoms with Crippen molar-refractivity contribution < 1.29 is 0 Å². The van der Waals surface area contributed by atoms with Crippen LogP contribution < -0.4 is 0 Å². The third-order valence-electron chi connectivity index (χ3n) is 4.45. The van der Waals surface area contributed by atoms with E-state index in [4.69, 9.17) is 0 Å². The fourth-order valence-electron chi connectivity index (χ4n) is 3.48. The Morgan fingerprint density at radius 3 is 2.09 bits per heavy atom. The molecule has 1 saturated heterocycles. The predicted octanol–water partition coefficient (Wildman–Crippen LogP) is 2.91. The first-order valence-corrected chi connectivity index (χ1v) is 8.63. The Balaban J connectivity index is 2.44. The molecule has 22 heavy (non-hydrogen) atoms. The van der Waals surface area contributed by atoms with E-state index in [0.717, 1.165) is 17.1 Å². The van der Waals surface area contributed by atoms with Crippen LogP contribution in [0.1, 0.15) is 0 Å². The Kier molecular flexibility index (Phi) is 3.34. The zero-order valence-corrected chi connectivity index (χ0v) is 13.1. The summed E-state index contributed by atoms with van der Waals surface area (Å²) in [7, 11) is 0. The molecule has 3 aliphatic rings. The second-order valence-corrected chi connectivity index (χ2v) is 8.07. The van der Waals surface area contributed by atoms with E-state index < -0.39 is 20.8 Å². The van der Waals surface area contributed by atoms with Gasteiger partial charge in [-0.25, -0.2) is 0 Å². The lowest BCUT2D eigenvalue weighted by molar-refractivity contribution is 0.316. The number of hydrogen-bond acceptors (Lipinski definition) is 6. The Morgan fingerprint density at radius 2 is 1.55 bits per heavy atom. The monoisotopic (exact) mass is 322 g/mol. The maximum absolute atomic E-state index is 9.89. The molecule has 3 rings (SSSR count). The Bertz CT molecular complexity index is 745. The van der Waals surface area contributed by atoms with Crippen LogP contribution in [0.5, 0.6) is 0 Å². The van der Waals surface area contributed by atoms with Crippen molar-refractivity contribution >= 4 is 23.5 Å². The van der Waals surface area contributed by atoms with Gasteiger partial charge in [0.1, 0.15) is 4.08 Å². The second-order valence-electron chi connectivity index (χ2n) is 5.19. The highest BCUT2D eigenvalue weighted by Crippen LogP contribution is 2.74. The smallest absolute Gasteiger partial charge is 0.196 e. The van der Waals surface area contributed by atoms with E-state index in [9.17, 15) is 21.0 Å². The number of thioether (sulfide) groups is 2. The van der Waals surface area contributed by atoms with Crippen LogP contribution in [0, 0.1) is 62.1 Å². The summed E-state index contributed by atoms with van der Waals surface area (Å²) >= 11 is 3.03. The fraction of sp³-hybridized carbons (Fsp3) is 0.375. The van der Waals surface area contributed by atoms with E-state index in [2.05, 4.69) is 12.1 Å². The first-order chi connectivity index (χ1) is 10.7. The first kappa shape index (κ1) is 14.8. The molecule has 2 fully saturated rings. The van der Waals surface area contributed by atoms with Gasteiger partial charge in [-0.2, -0.15) is 21.0 Å². The van der Waals surface area contributed by atoms with E-state index in [1.165, 1.54) is 23.5 Å². The molecule has 1 unspecified atom stereocenters. The molecule has 0 amide bonds. The minimum Gasteiger partial charge on any atom is -0.196 e. The zero-order chi connectivity index (χ0) is 15.8. The number of fused-ring (bicyclic) bond motifs is 2. The van der Waals surface area contributed by atoms with Crippen LogP contribution in [0.2, 0.25) is 0 Å². The quantitative estimate of drug-likeness (QED) is 0.680. The van der Waals surface area contributed by atoms with Gasteiger partial charge in [-0.05, 0) is 5.57 Å². The Morgan fingerprint density at radius 1 is 0.909 bits per heavy atom. The molecular formula is C16H10N4S2. The van der Waals surface area contributed by atoms with Crippen molar-refractivity contribution in [3.05, 3.63) is 36.0 Å². The number of hydrogen-bond donors (Lipinski definition) is 0. The van der Waals surface area contributed by atoms with Gasteiger partial charge < -0.3 is 0 Å². The molecule has 1 spiro atoms. The summed E-state index contributed by atoms with van der Waals surface area (Å²) in [6.07, 6.45) is 9.11. The number of allylic oxidation sites excluding steroid dienone is 5. The number of rotatable bonds is 0. The van der Waals surface area contributed by atoms with Crippen molar-refractivity contribution in [1.82, 2.24) is 0 Å². The van der Waals surface area contributed by atoms with Crippen molar-refractivity contribution in [2.75, 3.05) is 11.5 Å². The van der Waals surface area contributed by atoms with Gasteiger partial charge in [-0.3, -0.25) is 0 Å². The van der Waals surface area contributed by atoms with E-state index in [1.807, 2.05) is 30.4 Å². The fourth-order valence-corrected chi connectivity index (χ4v) is 7.22. The molecule has 1 heterocycles. The van der Waals surface area contributed by atoms with Gasteiger partial charge in [0, 0.05) is 17.4 Å². The standard InChI is InChI=1S/C16H10N4S2/c17-8-14(9-18)12-4-2-1-3-5-13(12)16(21-6-7-22-16)15(14,10-19)11-20/h1-5,12H,6-7H2. The molecule has 0 aromatic rings. The molecule has 6 heteroatoms. The second kappa shape index (κ2) is 4.96. The van der Waals surface area contributed by atoms with Gasteiger partial charge in [0.2, 0.25) is 5.41 Å². The summed E-state index contributed by atoms with van der Waals surface area (Å²) in [5.74, 6) is 1.04. The minimum absolute atomic E-state index is 0.546. The topological polar surface area (TPSA) is 95.2 Å². The molecule has 0 bridgehead atoms. The lowest BCUT2D eigenvalue weighted by Gasteiger charge is -2.35. The van der Waals surface area contributed by atoms with Crippen LogP contribution in [0.15, 0.2) is 36.0 Å². The molecule has 1 aliphatic heterocycles. The minimum atomic E-state index is -1.70. The van der Waals surface area contributed by atoms with Crippen LogP contribution in [0.25, 0.3) is 0 Å². The largest absolute Gasteiger partial charge is 0.203 e. The van der Waals surface area contributed by atoms with Crippen molar-refractivity contribution in [1.29, 1.82) is 21.0 Å². The average molecular weight is 322 g/mol. The van der Waals surface area contributed by atoms with Gasteiger partial charge in [-0.15, -0.1) is 23.5 Å². The van der Waals surface area contributed by atoms with Crippen molar-refractivity contribution in [3.8, 4) is 24.3 Å². The highest BCUT2D eigenvalue weighted by molar-refractivity contribution is 8.21. The molecule has 106 valence electrons. The highest BCUT2D eigenvalue weighted by atomic mass is 32.2. The van der Waals surface area contributed by atoms with Gasteiger partial charge in [-0.1, -0.05) is 30.4 Å². The van der Waals surface area contributed by atoms with Crippen LogP contribution in [0.3, 0.4) is 0 Å². The maximum atomic E-state index is 9.89. The summed E-state index contributed by atoms with van der Waals surface area (Å²) in [4.78, 5) is 0. The number of nitrogens with zero attached hydrogens (tertiary/aromatic N) is 4. The molecule has 4 nitrogen and oxygen atoms in total. The van der Waals surface area contributed by atoms with E-state index in [1.54, 1.807) is 12.2 Å². The third-order valence-corrected chi connectivity index (χ3v) is 8.13.